The van der Waals surface area contributed by atoms with Crippen LogP contribution in [-0.2, 0) is 0 Å². The van der Waals surface area contributed by atoms with E-state index in [-0.39, 0.29) is 58.6 Å². The molecule has 0 unspecified atom stereocenters. The Balaban J connectivity index is 1.27. The van der Waals surface area contributed by atoms with Crippen LogP contribution in [0, 0.1) is 0 Å². The van der Waals surface area contributed by atoms with Crippen molar-refractivity contribution < 1.29 is 15.4 Å². The van der Waals surface area contributed by atoms with Gasteiger partial charge in [-0.05, 0) is 56.0 Å². The minimum Gasteiger partial charge on any atom is -0.455 e. The minimum atomic E-state index is -2.91. The van der Waals surface area contributed by atoms with Crippen LogP contribution in [0.5, 0.6) is 0 Å². The first-order valence-electron chi connectivity index (χ1n) is 20.4. The lowest BCUT2D eigenvalue weighted by molar-refractivity contribution is 0.670. The molecule has 0 atom stereocenters. The maximum absolute atomic E-state index is 9.11. The Bertz CT molecular complexity index is 3240. The van der Waals surface area contributed by atoms with Gasteiger partial charge in [-0.25, -0.2) is 15.0 Å². The molecule has 0 saturated carbocycles. The summed E-state index contributed by atoms with van der Waals surface area (Å²) >= 11 is 0. The highest BCUT2D eigenvalue weighted by Gasteiger charge is 2.40. The van der Waals surface area contributed by atoms with Crippen molar-refractivity contribution >= 4 is 51.2 Å². The van der Waals surface area contributed by atoms with Crippen molar-refractivity contribution in [3.05, 3.63) is 151 Å². The maximum atomic E-state index is 9.11. The molecule has 10 rings (SSSR count). The highest BCUT2D eigenvalue weighted by Crippen LogP contribution is 2.43. The highest BCUT2D eigenvalue weighted by molar-refractivity contribution is 7.04. The fourth-order valence-corrected chi connectivity index (χ4v) is 10.0. The van der Waals surface area contributed by atoms with Crippen molar-refractivity contribution in [2.45, 2.75) is 13.1 Å². The fraction of sp³-hybridized carbons (Fsp3) is 0.0444. The Morgan fingerprint density at radius 2 is 1.18 bits per heavy atom. The molecule has 4 nitrogen and oxygen atoms in total. The van der Waals surface area contributed by atoms with E-state index in [1.165, 1.54) is 0 Å². The summed E-state index contributed by atoms with van der Waals surface area (Å²) in [5.74, 6) is 1.02. The molecule has 0 amide bonds. The number of nitrogens with zero attached hydrogens (tertiary/aromatic N) is 3. The average Bonchev–Trinajstić information content (AvgIpc) is 3.76. The van der Waals surface area contributed by atoms with E-state index >= 15 is 0 Å². The van der Waals surface area contributed by atoms with Gasteiger partial charge >= 0.3 is 0 Å². The number of hydrogen-bond acceptors (Lipinski definition) is 4. The number of benzene rings is 7. The zero-order chi connectivity index (χ0) is 40.4. The monoisotopic (exact) mass is 665 g/mol. The van der Waals surface area contributed by atoms with E-state index in [2.05, 4.69) is 30.3 Å². The van der Waals surface area contributed by atoms with Crippen molar-refractivity contribution in [2.75, 3.05) is 0 Å². The minimum absolute atomic E-state index is 0.0637. The summed E-state index contributed by atoms with van der Waals surface area (Å²) in [5, 5.41) is 4.05. The molecule has 1 aliphatic heterocycles. The summed E-state index contributed by atoms with van der Waals surface area (Å²) in [6, 6.07) is 31.4. The predicted octanol–water partition coefficient (Wildman–Crippen LogP) is 10.4. The average molecular weight is 666 g/mol. The third-order valence-electron chi connectivity index (χ3n) is 9.76. The summed E-state index contributed by atoms with van der Waals surface area (Å²) in [7, 11) is -2.91. The second-order valence-electron chi connectivity index (χ2n) is 13.0. The molecule has 0 bridgehead atoms. The van der Waals surface area contributed by atoms with Gasteiger partial charge in [0.2, 0.25) is 0 Å². The van der Waals surface area contributed by atoms with E-state index < -0.39 is 20.2 Å². The van der Waals surface area contributed by atoms with E-state index in [0.29, 0.717) is 38.9 Å². The smallest absolute Gasteiger partial charge is 0.164 e. The fourth-order valence-electron chi connectivity index (χ4n) is 7.21. The lowest BCUT2D eigenvalue weighted by atomic mass is 9.98. The van der Waals surface area contributed by atoms with Gasteiger partial charge in [-0.2, -0.15) is 0 Å². The molecule has 9 aromatic rings. The molecule has 0 saturated heterocycles. The number of furan rings is 1. The lowest BCUT2D eigenvalue weighted by Crippen LogP contribution is -2.49. The summed E-state index contributed by atoms with van der Waals surface area (Å²) < 4.78 is 76.9. The van der Waals surface area contributed by atoms with Gasteiger partial charge in [0.15, 0.2) is 17.5 Å². The largest absolute Gasteiger partial charge is 0.455 e. The quantitative estimate of drug-likeness (QED) is 0.176. The zero-order valence-electron chi connectivity index (χ0n) is 35.1. The molecule has 0 radical (unpaired) electrons. The van der Waals surface area contributed by atoms with Crippen molar-refractivity contribution in [1.82, 2.24) is 15.0 Å². The molecule has 5 heteroatoms. The van der Waals surface area contributed by atoms with Crippen LogP contribution in [0.1, 0.15) is 11.0 Å². The Labute approximate surface area is 302 Å². The molecule has 0 aliphatic carbocycles. The molecular weight excluding hydrogens is 627 g/mol. The topological polar surface area (TPSA) is 51.8 Å². The van der Waals surface area contributed by atoms with Crippen LogP contribution in [0.4, 0.5) is 0 Å². The third-order valence-corrected chi connectivity index (χ3v) is 13.1. The third kappa shape index (κ3) is 4.40. The molecular formula is C45H31N3OSi. The standard InChI is InChI=1S/C45H31N3OSi/c1-50(2)38-19-11-9-17-35(38)41-39(50)27-36(40-34-16-8-10-18-37(34)49-42(40)41)45-47-43(30-13-4-3-5-14-30)46-44(48-45)31-23-20-29(21-24-31)33-25-22-28-12-6-7-15-32(28)26-33/h3-27H,1-2H3/i8D,9D,10D,11D,16D,17D,18D,19D. The Kier molecular flexibility index (Phi) is 4.75. The molecule has 0 N–H and O–H groups in total. The Hall–Kier alpha value is -6.17. The van der Waals surface area contributed by atoms with E-state index in [0.717, 1.165) is 38.2 Å². The molecule has 7 aromatic carbocycles. The van der Waals surface area contributed by atoms with Crippen molar-refractivity contribution in [3.8, 4) is 56.4 Å². The number of para-hydroxylation sites is 1. The van der Waals surface area contributed by atoms with E-state index in [1.54, 1.807) is 0 Å². The van der Waals surface area contributed by atoms with Gasteiger partial charge in [0.1, 0.15) is 19.2 Å². The van der Waals surface area contributed by atoms with Crippen LogP contribution >= 0.6 is 0 Å². The number of fused-ring (bicyclic) bond motifs is 8. The number of aromatic nitrogens is 3. The van der Waals surface area contributed by atoms with Crippen LogP contribution in [0.15, 0.2) is 156 Å². The normalized spacial score (nSPS) is 15.4. The van der Waals surface area contributed by atoms with Crippen molar-refractivity contribution in [3.63, 3.8) is 0 Å². The molecule has 1 aliphatic rings. The van der Waals surface area contributed by atoms with Crippen LogP contribution in [0.25, 0.3) is 89.1 Å². The van der Waals surface area contributed by atoms with Gasteiger partial charge in [0.25, 0.3) is 0 Å². The SMILES string of the molecule is [2H]c1c([2H])c([2H])c2c(c1[2H])-c1c(cc(-c3nc(-c4ccccc4)nc(-c4ccc(-c5ccc6ccccc6c5)cc4)n3)c3c1oc1c([2H])c([2H])c([2H])c([2H])c13)[Si]2(C)C. The second kappa shape index (κ2) is 10.9. The summed E-state index contributed by atoms with van der Waals surface area (Å²) in [6.45, 7) is 4.05. The molecule has 0 fully saturated rings. The molecule has 2 aromatic heterocycles. The second-order valence-corrected chi connectivity index (χ2v) is 17.3. The van der Waals surface area contributed by atoms with Crippen molar-refractivity contribution in [2.24, 2.45) is 0 Å². The number of hydrogen-bond donors (Lipinski definition) is 0. The van der Waals surface area contributed by atoms with Crippen LogP contribution in [-0.4, -0.2) is 23.0 Å². The van der Waals surface area contributed by atoms with Crippen LogP contribution < -0.4 is 10.4 Å². The molecule has 50 heavy (non-hydrogen) atoms. The van der Waals surface area contributed by atoms with Gasteiger partial charge < -0.3 is 4.42 Å². The zero-order valence-corrected chi connectivity index (χ0v) is 28.1. The van der Waals surface area contributed by atoms with Gasteiger partial charge in [0, 0.05) is 33.0 Å². The van der Waals surface area contributed by atoms with Crippen LogP contribution in [0.2, 0.25) is 13.1 Å². The summed E-state index contributed by atoms with van der Waals surface area (Å²) in [5.41, 5.74) is 4.92. The first-order valence-corrected chi connectivity index (χ1v) is 19.4. The maximum Gasteiger partial charge on any atom is 0.164 e. The van der Waals surface area contributed by atoms with Crippen LogP contribution in [0.3, 0.4) is 0 Å². The Morgan fingerprint density at radius 3 is 2.00 bits per heavy atom. The predicted molar refractivity (Wildman–Crippen MR) is 209 cm³/mol. The van der Waals surface area contributed by atoms with Crippen molar-refractivity contribution in [1.29, 1.82) is 0 Å². The van der Waals surface area contributed by atoms with E-state index in [1.807, 2.05) is 85.9 Å². The summed E-state index contributed by atoms with van der Waals surface area (Å²) in [4.78, 5) is 15.1. The summed E-state index contributed by atoms with van der Waals surface area (Å²) in [6.07, 6.45) is 0. The van der Waals surface area contributed by atoms with Gasteiger partial charge in [-0.1, -0.05) is 146 Å². The molecule has 0 spiro atoms. The first kappa shape index (κ1) is 21.7. The molecule has 236 valence electrons. The Morgan fingerprint density at radius 1 is 0.540 bits per heavy atom. The van der Waals surface area contributed by atoms with Gasteiger partial charge in [0.05, 0.1) is 11.0 Å². The van der Waals surface area contributed by atoms with E-state index in [4.69, 9.17) is 30.3 Å². The lowest BCUT2D eigenvalue weighted by Gasteiger charge is -2.19. The van der Waals surface area contributed by atoms with Gasteiger partial charge in [-0.15, -0.1) is 0 Å². The van der Waals surface area contributed by atoms with E-state index in [9.17, 15) is 0 Å². The number of rotatable bonds is 4. The molecule has 3 heterocycles. The van der Waals surface area contributed by atoms with Gasteiger partial charge in [-0.3, -0.25) is 0 Å². The highest BCUT2D eigenvalue weighted by atomic mass is 28.3. The first-order chi connectivity index (χ1) is 27.8.